The second-order valence-electron chi connectivity index (χ2n) is 6.70. The number of nitrogens with one attached hydrogen (secondary N) is 1. The van der Waals surface area contributed by atoms with Gasteiger partial charge in [-0.1, -0.05) is 6.92 Å². The SMILES string of the molecule is CC1CC(C(=O)O)CN(C(=O)Nc2cc(C#N)ccc2OC(C)C)C1. The van der Waals surface area contributed by atoms with E-state index in [-0.39, 0.29) is 24.6 Å². The average molecular weight is 345 g/mol. The van der Waals surface area contributed by atoms with E-state index in [0.717, 1.165) is 0 Å². The molecule has 0 saturated carbocycles. The molecule has 134 valence electrons. The van der Waals surface area contributed by atoms with E-state index in [4.69, 9.17) is 10.00 Å². The molecule has 7 nitrogen and oxygen atoms in total. The van der Waals surface area contributed by atoms with E-state index in [1.54, 1.807) is 18.2 Å². The molecule has 25 heavy (non-hydrogen) atoms. The highest BCUT2D eigenvalue weighted by atomic mass is 16.5. The zero-order valence-electron chi connectivity index (χ0n) is 14.7. The summed E-state index contributed by atoms with van der Waals surface area (Å²) in [7, 11) is 0. The summed E-state index contributed by atoms with van der Waals surface area (Å²) in [5, 5.41) is 21.1. The predicted octanol–water partition coefficient (Wildman–Crippen LogP) is 2.92. The molecule has 0 bridgehead atoms. The van der Waals surface area contributed by atoms with E-state index in [2.05, 4.69) is 5.32 Å². The van der Waals surface area contributed by atoms with Gasteiger partial charge in [0.25, 0.3) is 0 Å². The first-order chi connectivity index (χ1) is 11.8. The van der Waals surface area contributed by atoms with Gasteiger partial charge in [0.15, 0.2) is 0 Å². The largest absolute Gasteiger partial charge is 0.489 e. The summed E-state index contributed by atoms with van der Waals surface area (Å²) in [5.74, 6) is -0.870. The van der Waals surface area contributed by atoms with Crippen molar-refractivity contribution in [3.8, 4) is 11.8 Å². The molecule has 0 radical (unpaired) electrons. The van der Waals surface area contributed by atoms with Crippen molar-refractivity contribution in [3.05, 3.63) is 23.8 Å². The third-order valence-electron chi connectivity index (χ3n) is 4.01. The number of amides is 2. The Balaban J connectivity index is 2.18. The Morgan fingerprint density at radius 1 is 1.40 bits per heavy atom. The van der Waals surface area contributed by atoms with Crippen LogP contribution < -0.4 is 10.1 Å². The van der Waals surface area contributed by atoms with Crippen molar-refractivity contribution in [2.45, 2.75) is 33.3 Å². The minimum absolute atomic E-state index is 0.0880. The number of nitriles is 1. The molecule has 2 N–H and O–H groups in total. The molecule has 2 atom stereocenters. The fraction of sp³-hybridized carbons (Fsp3) is 0.500. The van der Waals surface area contributed by atoms with Gasteiger partial charge in [0, 0.05) is 13.1 Å². The van der Waals surface area contributed by atoms with Crippen molar-refractivity contribution >= 4 is 17.7 Å². The summed E-state index contributed by atoms with van der Waals surface area (Å²) in [4.78, 5) is 25.4. The Kier molecular flexibility index (Phi) is 5.86. The van der Waals surface area contributed by atoms with Crippen LogP contribution in [-0.2, 0) is 4.79 Å². The fourth-order valence-corrected chi connectivity index (χ4v) is 2.94. The van der Waals surface area contributed by atoms with E-state index >= 15 is 0 Å². The fourth-order valence-electron chi connectivity index (χ4n) is 2.94. The van der Waals surface area contributed by atoms with Gasteiger partial charge in [-0.15, -0.1) is 0 Å². The van der Waals surface area contributed by atoms with Gasteiger partial charge in [-0.2, -0.15) is 5.26 Å². The summed E-state index contributed by atoms with van der Waals surface area (Å²) in [5.41, 5.74) is 0.810. The first-order valence-corrected chi connectivity index (χ1v) is 8.29. The lowest BCUT2D eigenvalue weighted by Crippen LogP contribution is -2.47. The van der Waals surface area contributed by atoms with Crippen molar-refractivity contribution < 1.29 is 19.4 Å². The van der Waals surface area contributed by atoms with Crippen LogP contribution in [0.15, 0.2) is 18.2 Å². The Labute approximate surface area is 147 Å². The molecule has 2 amide bonds. The second-order valence-corrected chi connectivity index (χ2v) is 6.70. The van der Waals surface area contributed by atoms with Gasteiger partial charge in [0.05, 0.1) is 29.3 Å². The summed E-state index contributed by atoms with van der Waals surface area (Å²) in [6.45, 7) is 6.33. The van der Waals surface area contributed by atoms with E-state index in [0.29, 0.717) is 30.0 Å². The normalized spacial score (nSPS) is 20.0. The average Bonchev–Trinajstić information content (AvgIpc) is 2.55. The minimum atomic E-state index is -0.889. The molecule has 1 saturated heterocycles. The Bertz CT molecular complexity index is 696. The van der Waals surface area contributed by atoms with Crippen molar-refractivity contribution in [1.29, 1.82) is 5.26 Å². The molecule has 1 aliphatic heterocycles. The van der Waals surface area contributed by atoms with E-state index in [1.165, 1.54) is 4.90 Å². The molecule has 0 aromatic heterocycles. The number of anilines is 1. The van der Waals surface area contributed by atoms with Gasteiger partial charge in [-0.3, -0.25) is 4.79 Å². The monoisotopic (exact) mass is 345 g/mol. The minimum Gasteiger partial charge on any atom is -0.489 e. The summed E-state index contributed by atoms with van der Waals surface area (Å²) in [6.07, 6.45) is 0.472. The number of carboxylic acids is 1. The quantitative estimate of drug-likeness (QED) is 0.873. The number of carboxylic acid groups (broad SMARTS) is 1. The summed E-state index contributed by atoms with van der Waals surface area (Å²) in [6, 6.07) is 6.46. The number of urea groups is 1. The number of carbonyl (C=O) groups excluding carboxylic acids is 1. The molecule has 1 heterocycles. The number of aliphatic carboxylic acids is 1. The van der Waals surface area contributed by atoms with Crippen LogP contribution in [0.1, 0.15) is 32.8 Å². The molecule has 1 aromatic carbocycles. The van der Waals surface area contributed by atoms with Crippen LogP contribution >= 0.6 is 0 Å². The molecule has 7 heteroatoms. The maximum atomic E-state index is 12.6. The van der Waals surface area contributed by atoms with Crippen molar-refractivity contribution in [2.24, 2.45) is 11.8 Å². The highest BCUT2D eigenvalue weighted by molar-refractivity contribution is 5.91. The van der Waals surface area contributed by atoms with Crippen LogP contribution in [0, 0.1) is 23.2 Å². The molecular formula is C18H23N3O4. The Morgan fingerprint density at radius 3 is 2.72 bits per heavy atom. The van der Waals surface area contributed by atoms with Gasteiger partial charge in [-0.05, 0) is 44.4 Å². The number of rotatable bonds is 4. The highest BCUT2D eigenvalue weighted by Crippen LogP contribution is 2.28. The van der Waals surface area contributed by atoms with E-state index in [1.807, 2.05) is 26.8 Å². The third-order valence-corrected chi connectivity index (χ3v) is 4.01. The second kappa shape index (κ2) is 7.88. The lowest BCUT2D eigenvalue weighted by Gasteiger charge is -2.34. The number of nitrogens with zero attached hydrogens (tertiary/aromatic N) is 2. The lowest BCUT2D eigenvalue weighted by molar-refractivity contribution is -0.143. The zero-order valence-corrected chi connectivity index (χ0v) is 14.7. The predicted molar refractivity (Wildman–Crippen MR) is 92.4 cm³/mol. The van der Waals surface area contributed by atoms with Gasteiger partial charge in [-0.25, -0.2) is 4.79 Å². The maximum absolute atomic E-state index is 12.6. The van der Waals surface area contributed by atoms with Crippen molar-refractivity contribution in [3.63, 3.8) is 0 Å². The molecule has 0 spiro atoms. The number of hydrogen-bond acceptors (Lipinski definition) is 4. The molecule has 0 aliphatic carbocycles. The Morgan fingerprint density at radius 2 is 2.12 bits per heavy atom. The number of hydrogen-bond donors (Lipinski definition) is 2. The van der Waals surface area contributed by atoms with Gasteiger partial charge in [0.1, 0.15) is 5.75 Å². The number of carbonyl (C=O) groups is 2. The number of likely N-dealkylation sites (tertiary alicyclic amines) is 1. The Hall–Kier alpha value is -2.75. The van der Waals surface area contributed by atoms with Crippen molar-refractivity contribution in [1.82, 2.24) is 4.90 Å². The maximum Gasteiger partial charge on any atom is 0.321 e. The van der Waals surface area contributed by atoms with Crippen LogP contribution in [0.25, 0.3) is 0 Å². The van der Waals surface area contributed by atoms with Crippen LogP contribution in [0.4, 0.5) is 10.5 Å². The van der Waals surface area contributed by atoms with E-state index < -0.39 is 11.9 Å². The summed E-state index contributed by atoms with van der Waals surface area (Å²) >= 11 is 0. The summed E-state index contributed by atoms with van der Waals surface area (Å²) < 4.78 is 5.68. The number of benzene rings is 1. The first-order valence-electron chi connectivity index (χ1n) is 8.29. The molecule has 2 unspecified atom stereocenters. The first kappa shape index (κ1) is 18.6. The molecule has 2 rings (SSSR count). The van der Waals surface area contributed by atoms with Crippen molar-refractivity contribution in [2.75, 3.05) is 18.4 Å². The van der Waals surface area contributed by atoms with Crippen LogP contribution in [0.2, 0.25) is 0 Å². The van der Waals surface area contributed by atoms with E-state index in [9.17, 15) is 14.7 Å². The lowest BCUT2D eigenvalue weighted by atomic mass is 9.91. The molecule has 1 aliphatic rings. The van der Waals surface area contributed by atoms with Crippen LogP contribution in [0.5, 0.6) is 5.75 Å². The zero-order chi connectivity index (χ0) is 18.6. The third kappa shape index (κ3) is 4.86. The molecular weight excluding hydrogens is 322 g/mol. The van der Waals surface area contributed by atoms with Gasteiger partial charge in [0.2, 0.25) is 0 Å². The van der Waals surface area contributed by atoms with Gasteiger partial charge >= 0.3 is 12.0 Å². The standard InChI is InChI=1S/C18H23N3O4/c1-11(2)25-16-5-4-13(8-19)7-15(16)20-18(24)21-9-12(3)6-14(10-21)17(22)23/h4-5,7,11-12,14H,6,9-10H2,1-3H3,(H,20,24)(H,22,23). The topological polar surface area (TPSA) is 103 Å². The van der Waals surface area contributed by atoms with Crippen LogP contribution in [-0.4, -0.2) is 41.2 Å². The van der Waals surface area contributed by atoms with Gasteiger partial charge < -0.3 is 20.1 Å². The smallest absolute Gasteiger partial charge is 0.321 e. The molecule has 1 fully saturated rings. The van der Waals surface area contributed by atoms with Crippen LogP contribution in [0.3, 0.4) is 0 Å². The number of ether oxygens (including phenoxy) is 1. The number of piperidine rings is 1. The highest BCUT2D eigenvalue weighted by Gasteiger charge is 2.32. The molecule has 1 aromatic rings.